The van der Waals surface area contributed by atoms with E-state index in [1.165, 1.54) is 6.33 Å². The number of rotatable bonds is 5. The number of nitrogens with one attached hydrogen (secondary N) is 2. The number of hydrogen-bond acceptors (Lipinski definition) is 4. The number of aromatic amines is 1. The van der Waals surface area contributed by atoms with E-state index in [9.17, 15) is 18.3 Å². The number of aliphatic hydroxyl groups excluding tert-OH is 1. The number of anilines is 1. The van der Waals surface area contributed by atoms with Crippen LogP contribution < -0.4 is 5.32 Å². The quantitative estimate of drug-likeness (QED) is 0.626. The minimum absolute atomic E-state index is 0.0506. The molecule has 0 spiro atoms. The first-order chi connectivity index (χ1) is 11.5. The van der Waals surface area contributed by atoms with Gasteiger partial charge in [-0.05, 0) is 29.7 Å². The highest BCUT2D eigenvalue weighted by Gasteiger charge is 2.17. The fourth-order valence-electron chi connectivity index (χ4n) is 2.52. The molecule has 0 aliphatic rings. The lowest BCUT2D eigenvalue weighted by molar-refractivity contribution is 0.190. The topological polar surface area (TPSA) is 73.8 Å². The van der Waals surface area contributed by atoms with Crippen LogP contribution in [-0.2, 0) is 6.42 Å². The molecular weight excluding hydrogens is 321 g/mol. The maximum atomic E-state index is 13.3. The predicted octanol–water partition coefficient (Wildman–Crippen LogP) is 3.08. The van der Waals surface area contributed by atoms with Gasteiger partial charge in [0.2, 0.25) is 0 Å². The Morgan fingerprint density at radius 2 is 1.92 bits per heavy atom. The first-order valence-corrected chi connectivity index (χ1v) is 7.38. The summed E-state index contributed by atoms with van der Waals surface area (Å²) in [6.07, 6.45) is 2.72. The Balaban J connectivity index is 1.82. The van der Waals surface area contributed by atoms with Crippen molar-refractivity contribution in [2.45, 2.75) is 19.4 Å². The van der Waals surface area contributed by atoms with Crippen molar-refractivity contribution >= 4 is 16.9 Å². The van der Waals surface area contributed by atoms with Crippen molar-refractivity contribution in [3.8, 4) is 0 Å². The molecule has 24 heavy (non-hydrogen) atoms. The molecule has 0 unspecified atom stereocenters. The van der Waals surface area contributed by atoms with Crippen molar-refractivity contribution in [1.29, 1.82) is 0 Å². The van der Waals surface area contributed by atoms with Crippen LogP contribution in [0.2, 0.25) is 0 Å². The molecule has 0 aliphatic carbocycles. The summed E-state index contributed by atoms with van der Waals surface area (Å²) >= 11 is 0. The summed E-state index contributed by atoms with van der Waals surface area (Å²) in [6, 6.07) is 1.54. The number of hydrogen-bond donors (Lipinski definition) is 3. The van der Waals surface area contributed by atoms with E-state index in [-0.39, 0.29) is 12.1 Å². The van der Waals surface area contributed by atoms with E-state index < -0.39 is 23.6 Å². The summed E-state index contributed by atoms with van der Waals surface area (Å²) in [6.45, 7) is 1.93. The van der Waals surface area contributed by atoms with Crippen LogP contribution >= 0.6 is 0 Å². The Kier molecular flexibility index (Phi) is 4.39. The number of H-pyrrole nitrogens is 1. The maximum absolute atomic E-state index is 13.3. The Morgan fingerprint density at radius 3 is 2.58 bits per heavy atom. The van der Waals surface area contributed by atoms with Gasteiger partial charge in [0.15, 0.2) is 17.5 Å². The normalized spacial score (nSPS) is 12.5. The lowest BCUT2D eigenvalue weighted by Crippen LogP contribution is -2.14. The number of aliphatic hydroxyl groups is 1. The molecule has 0 saturated heterocycles. The van der Waals surface area contributed by atoms with Gasteiger partial charge in [0, 0.05) is 12.7 Å². The van der Waals surface area contributed by atoms with Crippen LogP contribution in [0, 0.1) is 17.5 Å². The molecule has 5 nitrogen and oxygen atoms in total. The second-order valence-electron chi connectivity index (χ2n) is 5.31. The highest BCUT2D eigenvalue weighted by molar-refractivity contribution is 5.90. The Morgan fingerprint density at radius 1 is 1.21 bits per heavy atom. The molecule has 0 radical (unpaired) electrons. The number of aryl methyl sites for hydroxylation is 1. The van der Waals surface area contributed by atoms with Gasteiger partial charge in [-0.2, -0.15) is 0 Å². The fourth-order valence-corrected chi connectivity index (χ4v) is 2.52. The molecule has 0 saturated carbocycles. The lowest BCUT2D eigenvalue weighted by Gasteiger charge is -2.14. The number of fused-ring (bicyclic) bond motifs is 1. The first kappa shape index (κ1) is 16.3. The van der Waals surface area contributed by atoms with Gasteiger partial charge in [0.1, 0.15) is 17.8 Å². The van der Waals surface area contributed by atoms with E-state index in [1.807, 2.05) is 13.1 Å². The van der Waals surface area contributed by atoms with E-state index >= 15 is 0 Å². The van der Waals surface area contributed by atoms with Crippen LogP contribution in [0.25, 0.3) is 11.0 Å². The van der Waals surface area contributed by atoms with Gasteiger partial charge < -0.3 is 15.4 Å². The molecule has 2 aromatic heterocycles. The Bertz CT molecular complexity index is 858. The first-order valence-electron chi connectivity index (χ1n) is 7.38. The average Bonchev–Trinajstić information content (AvgIpc) is 3.00. The highest BCUT2D eigenvalue weighted by atomic mass is 19.2. The van der Waals surface area contributed by atoms with Crippen molar-refractivity contribution in [3.05, 3.63) is 53.2 Å². The van der Waals surface area contributed by atoms with E-state index in [4.69, 9.17) is 0 Å². The van der Waals surface area contributed by atoms with Crippen molar-refractivity contribution in [3.63, 3.8) is 0 Å². The number of benzene rings is 1. The van der Waals surface area contributed by atoms with Crippen LogP contribution in [0.5, 0.6) is 0 Å². The summed E-state index contributed by atoms with van der Waals surface area (Å²) in [7, 11) is 0. The molecule has 8 heteroatoms. The van der Waals surface area contributed by atoms with Gasteiger partial charge in [0.25, 0.3) is 0 Å². The van der Waals surface area contributed by atoms with Crippen LogP contribution in [0.3, 0.4) is 0 Å². The molecule has 0 amide bonds. The fraction of sp³-hybridized carbons (Fsp3) is 0.250. The smallest absolute Gasteiger partial charge is 0.194 e. The summed E-state index contributed by atoms with van der Waals surface area (Å²) in [5.41, 5.74) is 1.59. The third-order valence-electron chi connectivity index (χ3n) is 3.79. The number of halogens is 3. The van der Waals surface area contributed by atoms with Gasteiger partial charge in [0.05, 0.1) is 11.5 Å². The van der Waals surface area contributed by atoms with Gasteiger partial charge in [-0.15, -0.1) is 0 Å². The molecule has 2 heterocycles. The summed E-state index contributed by atoms with van der Waals surface area (Å²) in [5, 5.41) is 13.8. The van der Waals surface area contributed by atoms with Crippen LogP contribution in [0.4, 0.5) is 19.0 Å². The zero-order chi connectivity index (χ0) is 17.3. The lowest BCUT2D eigenvalue weighted by atomic mass is 10.1. The molecule has 0 fully saturated rings. The third-order valence-corrected chi connectivity index (χ3v) is 3.79. The molecule has 3 rings (SSSR count). The second kappa shape index (κ2) is 6.48. The zero-order valence-electron chi connectivity index (χ0n) is 12.8. The predicted molar refractivity (Wildman–Crippen MR) is 83.0 cm³/mol. The van der Waals surface area contributed by atoms with Gasteiger partial charge in [-0.3, -0.25) is 0 Å². The summed E-state index contributed by atoms with van der Waals surface area (Å²) in [5.74, 6) is -3.74. The molecule has 126 valence electrons. The standard InChI is InChI=1S/C16H15F3N4O/c1-2-8-5-20-15-13(8)16(23-7-22-15)21-6-12(24)9-3-10(17)14(19)11(18)4-9/h3-5,7,12,24H,2,6H2,1H3,(H2,20,21,22,23)/t12-/m0/s1. The largest absolute Gasteiger partial charge is 0.387 e. The average molecular weight is 336 g/mol. The van der Waals surface area contributed by atoms with Crippen molar-refractivity contribution in [1.82, 2.24) is 15.0 Å². The van der Waals surface area contributed by atoms with Gasteiger partial charge in [-0.1, -0.05) is 6.92 Å². The van der Waals surface area contributed by atoms with Crippen molar-refractivity contribution in [2.24, 2.45) is 0 Å². The molecule has 1 atom stereocenters. The van der Waals surface area contributed by atoms with E-state index in [1.54, 1.807) is 0 Å². The third kappa shape index (κ3) is 2.92. The van der Waals surface area contributed by atoms with Crippen molar-refractivity contribution < 1.29 is 18.3 Å². The summed E-state index contributed by atoms with van der Waals surface area (Å²) in [4.78, 5) is 11.3. The van der Waals surface area contributed by atoms with Crippen LogP contribution in [0.15, 0.2) is 24.7 Å². The van der Waals surface area contributed by atoms with E-state index in [0.29, 0.717) is 11.5 Å². The minimum atomic E-state index is -1.56. The maximum Gasteiger partial charge on any atom is 0.194 e. The van der Waals surface area contributed by atoms with E-state index in [2.05, 4.69) is 20.3 Å². The summed E-state index contributed by atoms with van der Waals surface area (Å²) < 4.78 is 39.5. The van der Waals surface area contributed by atoms with Crippen LogP contribution in [0.1, 0.15) is 24.2 Å². The number of aromatic nitrogens is 3. The second-order valence-corrected chi connectivity index (χ2v) is 5.31. The molecule has 0 bridgehead atoms. The van der Waals surface area contributed by atoms with Gasteiger partial charge >= 0.3 is 0 Å². The number of nitrogens with zero attached hydrogens (tertiary/aromatic N) is 2. The van der Waals surface area contributed by atoms with Crippen molar-refractivity contribution in [2.75, 3.05) is 11.9 Å². The molecule has 1 aromatic carbocycles. The molecular formula is C16H15F3N4O. The molecule has 3 aromatic rings. The minimum Gasteiger partial charge on any atom is -0.387 e. The van der Waals surface area contributed by atoms with Crippen LogP contribution in [-0.4, -0.2) is 26.6 Å². The van der Waals surface area contributed by atoms with Gasteiger partial charge in [-0.25, -0.2) is 23.1 Å². The monoisotopic (exact) mass is 336 g/mol. The molecule has 0 aliphatic heterocycles. The highest BCUT2D eigenvalue weighted by Crippen LogP contribution is 2.25. The zero-order valence-corrected chi connectivity index (χ0v) is 12.8. The molecule has 3 N–H and O–H groups in total. The Hall–Kier alpha value is -2.61. The van der Waals surface area contributed by atoms with E-state index in [0.717, 1.165) is 29.5 Å². The Labute approximate surface area is 135 Å². The SMILES string of the molecule is CCc1c[nH]c2ncnc(NC[C@H](O)c3cc(F)c(F)c(F)c3)c12.